The molecule has 2 N–H and O–H groups in total. The van der Waals surface area contributed by atoms with Gasteiger partial charge in [0.25, 0.3) is 0 Å². The van der Waals surface area contributed by atoms with Gasteiger partial charge in [-0.05, 0) is 47.9 Å². The number of alkyl carbamates (subject to hydrolysis) is 1. The Kier molecular flexibility index (Phi) is 4.39. The SMILES string of the molecule is COc1cc(/C=C/c2ccc(N3CC4NC(=O)OC4C3)cc2)cc(C)c1O. The van der Waals surface area contributed by atoms with Crippen molar-refractivity contribution in [3.8, 4) is 11.5 Å². The minimum Gasteiger partial charge on any atom is -0.504 e. The molecule has 2 unspecified atom stereocenters. The van der Waals surface area contributed by atoms with Crippen LogP contribution >= 0.6 is 0 Å². The average molecular weight is 366 g/mol. The molecule has 1 amide bonds. The molecule has 2 saturated heterocycles. The van der Waals surface area contributed by atoms with Gasteiger partial charge in [-0.25, -0.2) is 4.79 Å². The van der Waals surface area contributed by atoms with Gasteiger partial charge in [0.2, 0.25) is 0 Å². The van der Waals surface area contributed by atoms with Gasteiger partial charge in [-0.2, -0.15) is 0 Å². The number of benzene rings is 2. The first-order chi connectivity index (χ1) is 13.0. The van der Waals surface area contributed by atoms with Crippen molar-refractivity contribution in [1.29, 1.82) is 0 Å². The molecule has 140 valence electrons. The van der Waals surface area contributed by atoms with Crippen LogP contribution in [0.3, 0.4) is 0 Å². The minimum atomic E-state index is -0.314. The maximum Gasteiger partial charge on any atom is 0.407 e. The number of phenolic OH excluding ortho intramolecular Hbond substituents is 1. The first-order valence-corrected chi connectivity index (χ1v) is 8.91. The highest BCUT2D eigenvalue weighted by molar-refractivity contribution is 5.73. The van der Waals surface area contributed by atoms with E-state index in [9.17, 15) is 9.90 Å². The Balaban J connectivity index is 1.45. The third-order valence-corrected chi connectivity index (χ3v) is 5.06. The van der Waals surface area contributed by atoms with E-state index in [1.54, 1.807) is 7.11 Å². The maximum atomic E-state index is 11.2. The van der Waals surface area contributed by atoms with Crippen molar-refractivity contribution in [2.75, 3.05) is 25.1 Å². The van der Waals surface area contributed by atoms with E-state index in [4.69, 9.17) is 9.47 Å². The summed E-state index contributed by atoms with van der Waals surface area (Å²) in [5.74, 6) is 0.647. The number of fused-ring (bicyclic) bond motifs is 1. The van der Waals surface area contributed by atoms with Gasteiger partial charge in [-0.15, -0.1) is 0 Å². The lowest BCUT2D eigenvalue weighted by atomic mass is 10.1. The van der Waals surface area contributed by atoms with Crippen molar-refractivity contribution >= 4 is 23.9 Å². The fraction of sp³-hybridized carbons (Fsp3) is 0.286. The fourth-order valence-corrected chi connectivity index (χ4v) is 3.58. The molecule has 0 spiro atoms. The Labute approximate surface area is 158 Å². The lowest BCUT2D eigenvalue weighted by molar-refractivity contribution is 0.144. The molecule has 0 radical (unpaired) electrons. The molecule has 2 fully saturated rings. The molecule has 0 saturated carbocycles. The van der Waals surface area contributed by atoms with Gasteiger partial charge in [0, 0.05) is 12.2 Å². The third-order valence-electron chi connectivity index (χ3n) is 5.06. The molecule has 2 aliphatic rings. The summed E-state index contributed by atoms with van der Waals surface area (Å²) in [6, 6.07) is 12.1. The Morgan fingerprint density at radius 1 is 1.19 bits per heavy atom. The van der Waals surface area contributed by atoms with Crippen LogP contribution in [-0.4, -0.2) is 43.5 Å². The quantitative estimate of drug-likeness (QED) is 0.814. The number of amides is 1. The lowest BCUT2D eigenvalue weighted by Gasteiger charge is -2.19. The standard InChI is InChI=1S/C21H22N2O4/c1-13-9-15(10-18(26-2)20(13)24)4-3-14-5-7-16(8-6-14)23-11-17-19(12-23)27-21(25)22-17/h3-10,17,19,24H,11-12H2,1-2H3,(H,22,25)/b4-3+. The van der Waals surface area contributed by atoms with Crippen LogP contribution in [0.15, 0.2) is 36.4 Å². The zero-order valence-corrected chi connectivity index (χ0v) is 15.3. The predicted molar refractivity (Wildman–Crippen MR) is 104 cm³/mol. The molecular weight excluding hydrogens is 344 g/mol. The number of anilines is 1. The number of aryl methyl sites for hydroxylation is 1. The number of carbonyl (C=O) groups is 1. The number of nitrogens with zero attached hydrogens (tertiary/aromatic N) is 1. The lowest BCUT2D eigenvalue weighted by Crippen LogP contribution is -2.32. The highest BCUT2D eigenvalue weighted by Crippen LogP contribution is 2.31. The van der Waals surface area contributed by atoms with E-state index in [1.807, 2.05) is 31.2 Å². The van der Waals surface area contributed by atoms with Crippen LogP contribution in [0.2, 0.25) is 0 Å². The Bertz CT molecular complexity index is 876. The van der Waals surface area contributed by atoms with Gasteiger partial charge in [0.1, 0.15) is 6.10 Å². The topological polar surface area (TPSA) is 71.0 Å². The van der Waals surface area contributed by atoms with Gasteiger partial charge >= 0.3 is 6.09 Å². The molecule has 4 rings (SSSR count). The van der Waals surface area contributed by atoms with Crippen LogP contribution in [0.5, 0.6) is 11.5 Å². The zero-order valence-electron chi connectivity index (χ0n) is 15.3. The number of rotatable bonds is 4. The summed E-state index contributed by atoms with van der Waals surface area (Å²) in [5.41, 5.74) is 3.93. The third kappa shape index (κ3) is 3.43. The Morgan fingerprint density at radius 3 is 2.63 bits per heavy atom. The molecule has 2 atom stereocenters. The number of aromatic hydroxyl groups is 1. The molecular formula is C21H22N2O4. The number of hydrogen-bond donors (Lipinski definition) is 2. The summed E-state index contributed by atoms with van der Waals surface area (Å²) < 4.78 is 10.5. The van der Waals surface area contributed by atoms with Crippen LogP contribution in [-0.2, 0) is 4.74 Å². The second-order valence-corrected chi connectivity index (χ2v) is 6.91. The van der Waals surface area contributed by atoms with Gasteiger partial charge in [0.05, 0.1) is 19.7 Å². The first-order valence-electron chi connectivity index (χ1n) is 8.91. The van der Waals surface area contributed by atoms with E-state index in [0.717, 1.165) is 28.9 Å². The largest absolute Gasteiger partial charge is 0.504 e. The summed E-state index contributed by atoms with van der Waals surface area (Å²) in [5, 5.41) is 12.8. The molecule has 2 aromatic carbocycles. The molecule has 6 nitrogen and oxygen atoms in total. The van der Waals surface area contributed by atoms with Crippen molar-refractivity contribution in [3.63, 3.8) is 0 Å². The van der Waals surface area contributed by atoms with E-state index in [2.05, 4.69) is 34.5 Å². The normalized spacial score (nSPS) is 21.3. The van der Waals surface area contributed by atoms with E-state index in [-0.39, 0.29) is 24.0 Å². The van der Waals surface area contributed by atoms with Crippen molar-refractivity contribution in [3.05, 3.63) is 53.1 Å². The van der Waals surface area contributed by atoms with Crippen LogP contribution in [0, 0.1) is 6.92 Å². The molecule has 0 bridgehead atoms. The Morgan fingerprint density at radius 2 is 1.93 bits per heavy atom. The highest BCUT2D eigenvalue weighted by Gasteiger charge is 2.41. The van der Waals surface area contributed by atoms with Crippen LogP contribution in [0.1, 0.15) is 16.7 Å². The summed E-state index contributed by atoms with van der Waals surface area (Å²) in [6.07, 6.45) is 3.64. The number of hydrogen-bond acceptors (Lipinski definition) is 5. The number of methoxy groups -OCH3 is 1. The molecule has 6 heteroatoms. The molecule has 0 aliphatic carbocycles. The predicted octanol–water partition coefficient (Wildman–Crippen LogP) is 3.18. The molecule has 27 heavy (non-hydrogen) atoms. The van der Waals surface area contributed by atoms with Crippen molar-refractivity contribution in [1.82, 2.24) is 5.32 Å². The van der Waals surface area contributed by atoms with Crippen molar-refractivity contribution in [2.45, 2.75) is 19.1 Å². The van der Waals surface area contributed by atoms with Crippen LogP contribution < -0.4 is 15.0 Å². The maximum absolute atomic E-state index is 11.2. The molecule has 2 aliphatic heterocycles. The van der Waals surface area contributed by atoms with Gasteiger partial charge < -0.3 is 24.8 Å². The van der Waals surface area contributed by atoms with Gasteiger partial charge in [-0.3, -0.25) is 0 Å². The second kappa shape index (κ2) is 6.87. The number of ether oxygens (including phenoxy) is 2. The highest BCUT2D eigenvalue weighted by atomic mass is 16.6. The number of phenols is 1. The average Bonchev–Trinajstić information content (AvgIpc) is 3.20. The van der Waals surface area contributed by atoms with E-state index in [0.29, 0.717) is 12.3 Å². The molecule has 0 aromatic heterocycles. The van der Waals surface area contributed by atoms with Crippen LogP contribution in [0.25, 0.3) is 12.2 Å². The van der Waals surface area contributed by atoms with E-state index < -0.39 is 0 Å². The summed E-state index contributed by atoms with van der Waals surface area (Å²) in [7, 11) is 1.55. The van der Waals surface area contributed by atoms with E-state index >= 15 is 0 Å². The summed E-state index contributed by atoms with van der Waals surface area (Å²) >= 11 is 0. The molecule has 2 aromatic rings. The number of nitrogens with one attached hydrogen (secondary N) is 1. The van der Waals surface area contributed by atoms with Crippen molar-refractivity contribution in [2.24, 2.45) is 0 Å². The minimum absolute atomic E-state index is 0.0650. The van der Waals surface area contributed by atoms with Gasteiger partial charge in [-0.1, -0.05) is 24.3 Å². The summed E-state index contributed by atoms with van der Waals surface area (Å²) in [6.45, 7) is 3.32. The monoisotopic (exact) mass is 366 g/mol. The van der Waals surface area contributed by atoms with Crippen molar-refractivity contribution < 1.29 is 19.4 Å². The Hall–Kier alpha value is -3.15. The summed E-state index contributed by atoms with van der Waals surface area (Å²) in [4.78, 5) is 13.5. The van der Waals surface area contributed by atoms with Crippen LogP contribution in [0.4, 0.5) is 10.5 Å². The second-order valence-electron chi connectivity index (χ2n) is 6.91. The fourth-order valence-electron chi connectivity index (χ4n) is 3.58. The first kappa shape index (κ1) is 17.3. The molecule has 2 heterocycles. The smallest absolute Gasteiger partial charge is 0.407 e. The van der Waals surface area contributed by atoms with Gasteiger partial charge in [0.15, 0.2) is 11.5 Å². The number of carbonyl (C=O) groups excluding carboxylic acids is 1. The zero-order chi connectivity index (χ0) is 19.0. The van der Waals surface area contributed by atoms with E-state index in [1.165, 1.54) is 0 Å².